The van der Waals surface area contributed by atoms with E-state index in [2.05, 4.69) is 6.58 Å². The predicted octanol–water partition coefficient (Wildman–Crippen LogP) is 5.73. The molecule has 4 nitrogen and oxygen atoms in total. The third-order valence-electron chi connectivity index (χ3n) is 5.03. The maximum absolute atomic E-state index is 12.9. The molecular weight excluding hydrogens is 388 g/mol. The highest BCUT2D eigenvalue weighted by Gasteiger charge is 2.29. The van der Waals surface area contributed by atoms with Gasteiger partial charge in [0.1, 0.15) is 17.6 Å². The minimum Gasteiger partial charge on any atom is -0.485 e. The van der Waals surface area contributed by atoms with Crippen LogP contribution in [0.5, 0.6) is 11.5 Å². The van der Waals surface area contributed by atoms with Crippen LogP contribution in [0, 0.1) is 0 Å². The molecule has 0 saturated carbocycles. The molecule has 1 aliphatic rings. The van der Waals surface area contributed by atoms with Crippen molar-refractivity contribution in [2.45, 2.75) is 19.1 Å². The van der Waals surface area contributed by atoms with Gasteiger partial charge in [0.05, 0.1) is 5.56 Å². The van der Waals surface area contributed by atoms with E-state index in [0.29, 0.717) is 28.9 Å². The van der Waals surface area contributed by atoms with E-state index >= 15 is 0 Å². The van der Waals surface area contributed by atoms with E-state index in [1.165, 1.54) is 6.07 Å². The Morgan fingerprint density at radius 3 is 2.67 bits per heavy atom. The topological polar surface area (TPSA) is 61.6 Å². The summed E-state index contributed by atoms with van der Waals surface area (Å²) in [7, 11) is 0. The van der Waals surface area contributed by atoms with E-state index < -0.39 is 12.5 Å². The van der Waals surface area contributed by atoms with Crippen LogP contribution in [0.1, 0.15) is 28.4 Å². The Morgan fingerprint density at radius 2 is 1.93 bits per heavy atom. The van der Waals surface area contributed by atoms with E-state index in [0.717, 1.165) is 16.7 Å². The Kier molecular flexibility index (Phi) is 5.23. The van der Waals surface area contributed by atoms with Crippen LogP contribution >= 0.6 is 0 Å². The third-order valence-corrected chi connectivity index (χ3v) is 5.03. The fourth-order valence-corrected chi connectivity index (χ4v) is 3.79. The summed E-state index contributed by atoms with van der Waals surface area (Å²) in [5.74, 6) is -0.0101. The molecule has 0 saturated heterocycles. The lowest BCUT2D eigenvalue weighted by molar-refractivity contribution is -0.0496. The highest BCUT2D eigenvalue weighted by atomic mass is 19.3. The highest BCUT2D eigenvalue weighted by Crippen LogP contribution is 2.49. The number of alkyl halides is 2. The molecule has 1 unspecified atom stereocenters. The second-order valence-corrected chi connectivity index (χ2v) is 6.85. The molecule has 1 amide bonds. The van der Waals surface area contributed by atoms with Gasteiger partial charge in [0, 0.05) is 17.5 Å². The number of ether oxygens (including phenoxy) is 2. The van der Waals surface area contributed by atoms with Gasteiger partial charge in [-0.05, 0) is 41.0 Å². The van der Waals surface area contributed by atoms with E-state index in [9.17, 15) is 13.6 Å². The van der Waals surface area contributed by atoms with Gasteiger partial charge < -0.3 is 15.2 Å². The molecule has 0 radical (unpaired) electrons. The number of amides is 1. The van der Waals surface area contributed by atoms with Crippen LogP contribution in [-0.2, 0) is 0 Å². The average molecular weight is 407 g/mol. The Balaban J connectivity index is 1.91. The van der Waals surface area contributed by atoms with Gasteiger partial charge in [-0.3, -0.25) is 4.79 Å². The standard InChI is InChI=1S/C24H19F2NO3/c1-2-6-19-18-13-14(15-7-3-4-8-17(15)23(27)28)11-12-16(18)22-20(29-19)9-5-10-21(22)30-24(25)26/h2-5,7-13,19,24H,1,6H2,(H2,27,28). The van der Waals surface area contributed by atoms with Crippen LogP contribution in [0.25, 0.3) is 22.3 Å². The first-order valence-electron chi connectivity index (χ1n) is 9.38. The summed E-state index contributed by atoms with van der Waals surface area (Å²) < 4.78 is 36.7. The summed E-state index contributed by atoms with van der Waals surface area (Å²) in [4.78, 5) is 11.9. The number of fused-ring (bicyclic) bond motifs is 3. The second kappa shape index (κ2) is 7.99. The van der Waals surface area contributed by atoms with Crippen molar-refractivity contribution in [3.05, 3.63) is 84.4 Å². The van der Waals surface area contributed by atoms with Gasteiger partial charge >= 0.3 is 6.61 Å². The number of hydrogen-bond donors (Lipinski definition) is 1. The second-order valence-electron chi connectivity index (χ2n) is 6.85. The van der Waals surface area contributed by atoms with Crippen molar-refractivity contribution in [3.8, 4) is 33.8 Å². The normalized spacial score (nSPS) is 14.4. The molecular formula is C24H19F2NO3. The Bertz CT molecular complexity index is 1130. The number of carbonyl (C=O) groups excluding carboxylic acids is 1. The Labute approximate surface area is 172 Å². The molecule has 2 N–H and O–H groups in total. The maximum Gasteiger partial charge on any atom is 0.387 e. The van der Waals surface area contributed by atoms with Crippen LogP contribution in [-0.4, -0.2) is 12.5 Å². The predicted molar refractivity (Wildman–Crippen MR) is 111 cm³/mol. The average Bonchev–Trinajstić information content (AvgIpc) is 2.73. The van der Waals surface area contributed by atoms with Crippen molar-refractivity contribution >= 4 is 5.91 Å². The molecule has 1 atom stereocenters. The quantitative estimate of drug-likeness (QED) is 0.531. The van der Waals surface area contributed by atoms with E-state index in [1.54, 1.807) is 30.3 Å². The van der Waals surface area contributed by atoms with Crippen LogP contribution in [0.3, 0.4) is 0 Å². The molecule has 152 valence electrons. The van der Waals surface area contributed by atoms with E-state index in [1.807, 2.05) is 30.3 Å². The zero-order valence-corrected chi connectivity index (χ0v) is 16.0. The number of nitrogens with two attached hydrogens (primary N) is 1. The molecule has 30 heavy (non-hydrogen) atoms. The molecule has 4 rings (SSSR count). The van der Waals surface area contributed by atoms with Gasteiger partial charge in [-0.25, -0.2) is 0 Å². The van der Waals surface area contributed by atoms with Gasteiger partial charge in [-0.15, -0.1) is 6.58 Å². The molecule has 3 aromatic carbocycles. The number of halogens is 2. The minimum atomic E-state index is -2.95. The van der Waals surface area contributed by atoms with Crippen molar-refractivity contribution in [2.75, 3.05) is 0 Å². The van der Waals surface area contributed by atoms with Gasteiger partial charge in [0.2, 0.25) is 5.91 Å². The first-order valence-corrected chi connectivity index (χ1v) is 9.38. The van der Waals surface area contributed by atoms with Gasteiger partial charge in [-0.1, -0.05) is 42.5 Å². The zero-order valence-electron chi connectivity index (χ0n) is 16.0. The lowest BCUT2D eigenvalue weighted by atomic mass is 9.87. The Morgan fingerprint density at radius 1 is 1.13 bits per heavy atom. The van der Waals surface area contributed by atoms with Crippen molar-refractivity contribution in [1.29, 1.82) is 0 Å². The van der Waals surface area contributed by atoms with Gasteiger partial charge in [0.15, 0.2) is 0 Å². The summed E-state index contributed by atoms with van der Waals surface area (Å²) in [5, 5.41) is 0. The van der Waals surface area contributed by atoms with Crippen molar-refractivity contribution in [1.82, 2.24) is 0 Å². The van der Waals surface area contributed by atoms with Crippen LogP contribution in [0.2, 0.25) is 0 Å². The number of primary amides is 1. The monoisotopic (exact) mass is 407 g/mol. The first kappa shape index (κ1) is 19.6. The SMILES string of the molecule is C=CCC1Oc2cccc(OC(F)F)c2-c2ccc(-c3ccccc3C(N)=O)cc21. The zero-order chi connectivity index (χ0) is 21.3. The van der Waals surface area contributed by atoms with Gasteiger partial charge in [-0.2, -0.15) is 8.78 Å². The molecule has 0 bridgehead atoms. The maximum atomic E-state index is 12.9. The fraction of sp³-hybridized carbons (Fsp3) is 0.125. The summed E-state index contributed by atoms with van der Waals surface area (Å²) >= 11 is 0. The summed E-state index contributed by atoms with van der Waals surface area (Å²) in [6.45, 7) is 0.842. The number of benzene rings is 3. The molecule has 0 aromatic heterocycles. The summed E-state index contributed by atoms with van der Waals surface area (Å²) in [5.41, 5.74) is 9.40. The third kappa shape index (κ3) is 3.52. The van der Waals surface area contributed by atoms with Crippen molar-refractivity contribution in [2.24, 2.45) is 5.73 Å². The fourth-order valence-electron chi connectivity index (χ4n) is 3.79. The molecule has 6 heteroatoms. The Hall–Kier alpha value is -3.67. The van der Waals surface area contributed by atoms with Crippen LogP contribution in [0.4, 0.5) is 8.78 Å². The summed E-state index contributed by atoms with van der Waals surface area (Å²) in [6, 6.07) is 17.4. The van der Waals surface area contributed by atoms with E-state index in [-0.39, 0.29) is 11.9 Å². The first-order chi connectivity index (χ1) is 14.5. The van der Waals surface area contributed by atoms with Crippen molar-refractivity contribution < 1.29 is 23.0 Å². The molecule has 0 aliphatic carbocycles. The van der Waals surface area contributed by atoms with Crippen molar-refractivity contribution in [3.63, 3.8) is 0 Å². The molecule has 0 fully saturated rings. The van der Waals surface area contributed by atoms with E-state index in [4.69, 9.17) is 15.2 Å². The van der Waals surface area contributed by atoms with Crippen LogP contribution < -0.4 is 15.2 Å². The van der Waals surface area contributed by atoms with Gasteiger partial charge in [0.25, 0.3) is 0 Å². The van der Waals surface area contributed by atoms with Crippen LogP contribution in [0.15, 0.2) is 73.3 Å². The molecule has 3 aromatic rings. The minimum absolute atomic E-state index is 0.0473. The number of rotatable bonds is 6. The molecule has 0 spiro atoms. The molecule has 1 aliphatic heterocycles. The number of hydrogen-bond acceptors (Lipinski definition) is 3. The molecule has 1 heterocycles. The highest BCUT2D eigenvalue weighted by molar-refractivity contribution is 6.00. The smallest absolute Gasteiger partial charge is 0.387 e. The lowest BCUT2D eigenvalue weighted by Crippen LogP contribution is -2.15. The summed E-state index contributed by atoms with van der Waals surface area (Å²) in [6.07, 6.45) is 1.91. The largest absolute Gasteiger partial charge is 0.485 e. The lowest BCUT2D eigenvalue weighted by Gasteiger charge is -2.30. The number of carbonyl (C=O) groups is 1.